The molecular weight excluding hydrogens is 370 g/mol. The molecule has 29 heavy (non-hydrogen) atoms. The zero-order valence-corrected chi connectivity index (χ0v) is 17.1. The van der Waals surface area contributed by atoms with Gasteiger partial charge < -0.3 is 10.6 Å². The first-order valence-corrected chi connectivity index (χ1v) is 11.3. The Bertz CT molecular complexity index is 773. The average molecular weight is 403 g/mol. The maximum absolute atomic E-state index is 14.4. The SMILES string of the molecule is O=C(NC1CCNC[C@@H]1F)C12CC3C[C@@](CCF)(C1)C[C@](c1ccccc1)(C3)C2. The molecule has 5 fully saturated rings. The normalized spacial score (nSPS) is 43.3. The summed E-state index contributed by atoms with van der Waals surface area (Å²) in [5, 5.41) is 6.16. The summed E-state index contributed by atoms with van der Waals surface area (Å²) in [6, 6.07) is 10.2. The van der Waals surface area contributed by atoms with Crippen molar-refractivity contribution < 1.29 is 13.6 Å². The third-order valence-electron chi connectivity index (χ3n) is 8.40. The van der Waals surface area contributed by atoms with Crippen LogP contribution in [0.4, 0.5) is 8.78 Å². The molecule has 4 aliphatic carbocycles. The number of carbonyl (C=O) groups is 1. The number of rotatable bonds is 5. The van der Waals surface area contributed by atoms with E-state index in [0.29, 0.717) is 25.3 Å². The van der Waals surface area contributed by atoms with E-state index in [9.17, 15) is 13.6 Å². The van der Waals surface area contributed by atoms with E-state index in [0.717, 1.165) is 45.1 Å². The van der Waals surface area contributed by atoms with Crippen LogP contribution < -0.4 is 10.6 Å². The Morgan fingerprint density at radius 3 is 2.72 bits per heavy atom. The second-order valence-corrected chi connectivity index (χ2v) is 10.5. The quantitative estimate of drug-likeness (QED) is 0.780. The summed E-state index contributed by atoms with van der Waals surface area (Å²) in [7, 11) is 0. The average Bonchev–Trinajstić information content (AvgIpc) is 2.69. The van der Waals surface area contributed by atoms with Gasteiger partial charge >= 0.3 is 0 Å². The van der Waals surface area contributed by atoms with Crippen molar-refractivity contribution >= 4 is 5.91 Å². The first kappa shape index (κ1) is 19.5. The number of halogens is 2. The number of carbonyl (C=O) groups excluding carboxylic acids is 1. The van der Waals surface area contributed by atoms with Crippen molar-refractivity contribution in [2.24, 2.45) is 16.7 Å². The number of amides is 1. The molecule has 6 rings (SSSR count). The topological polar surface area (TPSA) is 41.1 Å². The van der Waals surface area contributed by atoms with Gasteiger partial charge in [0.05, 0.1) is 18.1 Å². The largest absolute Gasteiger partial charge is 0.350 e. The Balaban J connectivity index is 1.48. The lowest BCUT2D eigenvalue weighted by Gasteiger charge is -2.66. The van der Waals surface area contributed by atoms with E-state index in [2.05, 4.69) is 34.9 Å². The lowest BCUT2D eigenvalue weighted by molar-refractivity contribution is -0.165. The van der Waals surface area contributed by atoms with E-state index in [4.69, 9.17) is 0 Å². The van der Waals surface area contributed by atoms with E-state index in [-0.39, 0.29) is 23.4 Å². The molecule has 0 aromatic heterocycles. The van der Waals surface area contributed by atoms with Crippen molar-refractivity contribution in [2.75, 3.05) is 19.8 Å². The van der Waals surface area contributed by atoms with Crippen LogP contribution in [0.5, 0.6) is 0 Å². The molecule has 3 unspecified atom stereocenters. The predicted octanol–water partition coefficient (Wildman–Crippen LogP) is 4.07. The number of nitrogens with one attached hydrogen (secondary N) is 2. The van der Waals surface area contributed by atoms with Crippen LogP contribution in [0, 0.1) is 16.7 Å². The molecule has 1 aliphatic heterocycles. The fourth-order valence-corrected chi connectivity index (χ4v) is 7.79. The molecule has 1 saturated heterocycles. The van der Waals surface area contributed by atoms with Crippen molar-refractivity contribution in [3.05, 3.63) is 35.9 Å². The van der Waals surface area contributed by atoms with E-state index in [1.165, 1.54) is 5.56 Å². The second-order valence-electron chi connectivity index (χ2n) is 10.5. The maximum Gasteiger partial charge on any atom is 0.226 e. The van der Waals surface area contributed by atoms with Gasteiger partial charge in [0, 0.05) is 6.54 Å². The molecule has 1 aromatic carbocycles. The molecule has 1 aromatic rings. The lowest BCUT2D eigenvalue weighted by atomic mass is 9.38. The lowest BCUT2D eigenvalue weighted by Crippen LogP contribution is -2.64. The van der Waals surface area contributed by atoms with Crippen LogP contribution in [0.15, 0.2) is 30.3 Å². The molecule has 4 saturated carbocycles. The highest BCUT2D eigenvalue weighted by Crippen LogP contribution is 2.71. The first-order chi connectivity index (χ1) is 14.0. The molecule has 4 bridgehead atoms. The summed E-state index contributed by atoms with van der Waals surface area (Å²) in [4.78, 5) is 13.6. The Morgan fingerprint density at radius 1 is 1.14 bits per heavy atom. The summed E-state index contributed by atoms with van der Waals surface area (Å²) in [6.07, 6.45) is 5.73. The van der Waals surface area contributed by atoms with E-state index >= 15 is 0 Å². The van der Waals surface area contributed by atoms with Gasteiger partial charge in [-0.2, -0.15) is 0 Å². The number of hydrogen-bond donors (Lipinski definition) is 2. The minimum atomic E-state index is -1.04. The molecule has 5 aliphatic rings. The zero-order chi connectivity index (χ0) is 20.1. The van der Waals surface area contributed by atoms with Crippen molar-refractivity contribution in [1.82, 2.24) is 10.6 Å². The number of hydrogen-bond acceptors (Lipinski definition) is 2. The Morgan fingerprint density at radius 2 is 1.97 bits per heavy atom. The van der Waals surface area contributed by atoms with Crippen LogP contribution >= 0.6 is 0 Å². The third kappa shape index (κ3) is 3.20. The number of alkyl halides is 2. The van der Waals surface area contributed by atoms with Crippen molar-refractivity contribution in [2.45, 2.75) is 69.0 Å². The molecule has 5 heteroatoms. The van der Waals surface area contributed by atoms with Crippen LogP contribution in [0.25, 0.3) is 0 Å². The summed E-state index contributed by atoms with van der Waals surface area (Å²) >= 11 is 0. The van der Waals surface area contributed by atoms with Gasteiger partial charge in [0.15, 0.2) is 0 Å². The fourth-order valence-electron chi connectivity index (χ4n) is 7.79. The first-order valence-electron chi connectivity index (χ1n) is 11.3. The molecule has 0 spiro atoms. The fraction of sp³-hybridized carbons (Fsp3) is 0.708. The molecular formula is C24H32F2N2O. The molecule has 158 valence electrons. The van der Waals surface area contributed by atoms with E-state index < -0.39 is 17.6 Å². The van der Waals surface area contributed by atoms with E-state index in [1.807, 2.05) is 6.07 Å². The number of piperidine rings is 1. The number of benzene rings is 1. The van der Waals surface area contributed by atoms with Gasteiger partial charge in [-0.05, 0) is 80.2 Å². The van der Waals surface area contributed by atoms with Crippen LogP contribution in [-0.4, -0.2) is 37.9 Å². The van der Waals surface area contributed by atoms with Crippen molar-refractivity contribution in [1.29, 1.82) is 0 Å². The summed E-state index contributed by atoms with van der Waals surface area (Å²) in [6.45, 7) is 0.719. The molecule has 3 nitrogen and oxygen atoms in total. The highest BCUT2D eigenvalue weighted by molar-refractivity contribution is 5.84. The van der Waals surface area contributed by atoms with Crippen LogP contribution in [0.1, 0.15) is 56.9 Å². The van der Waals surface area contributed by atoms with Crippen molar-refractivity contribution in [3.63, 3.8) is 0 Å². The monoisotopic (exact) mass is 402 g/mol. The highest BCUT2D eigenvalue weighted by atomic mass is 19.1. The smallest absolute Gasteiger partial charge is 0.226 e. The van der Waals surface area contributed by atoms with Crippen LogP contribution in [0.3, 0.4) is 0 Å². The van der Waals surface area contributed by atoms with Gasteiger partial charge in [-0.15, -0.1) is 0 Å². The minimum absolute atomic E-state index is 0.0275. The van der Waals surface area contributed by atoms with Crippen LogP contribution in [-0.2, 0) is 10.2 Å². The third-order valence-corrected chi connectivity index (χ3v) is 8.40. The molecule has 0 radical (unpaired) electrons. The molecule has 1 heterocycles. The molecule has 2 N–H and O–H groups in total. The zero-order valence-electron chi connectivity index (χ0n) is 17.1. The summed E-state index contributed by atoms with van der Waals surface area (Å²) < 4.78 is 28.0. The standard InChI is InChI=1S/C24H32F2N2O/c25-8-7-22-10-17-11-23(14-22,18-4-2-1-3-5-18)16-24(12-17,15-22)21(29)28-20-6-9-27-13-19(20)26/h1-5,17,19-20,27H,6-16H2,(H,28,29)/t17?,19-,20?,22+,23+,24?/m0/s1. The second kappa shape index (κ2) is 7.04. The van der Waals surface area contributed by atoms with Gasteiger partial charge in [-0.3, -0.25) is 9.18 Å². The Labute approximate surface area is 172 Å². The Hall–Kier alpha value is -1.49. The van der Waals surface area contributed by atoms with Gasteiger partial charge in [-0.25, -0.2) is 4.39 Å². The summed E-state index contributed by atoms with van der Waals surface area (Å²) in [5.74, 6) is 0.484. The maximum atomic E-state index is 14.4. The van der Waals surface area contributed by atoms with Crippen LogP contribution in [0.2, 0.25) is 0 Å². The molecule has 1 amide bonds. The minimum Gasteiger partial charge on any atom is -0.350 e. The molecule has 6 atom stereocenters. The highest BCUT2D eigenvalue weighted by Gasteiger charge is 2.65. The van der Waals surface area contributed by atoms with Gasteiger partial charge in [0.25, 0.3) is 0 Å². The van der Waals surface area contributed by atoms with Gasteiger partial charge in [0.2, 0.25) is 5.91 Å². The van der Waals surface area contributed by atoms with Crippen molar-refractivity contribution in [3.8, 4) is 0 Å². The van der Waals surface area contributed by atoms with Gasteiger partial charge in [0.1, 0.15) is 6.17 Å². The Kier molecular flexibility index (Phi) is 4.73. The predicted molar refractivity (Wildman–Crippen MR) is 109 cm³/mol. The summed E-state index contributed by atoms with van der Waals surface area (Å²) in [5.41, 5.74) is 0.686. The van der Waals surface area contributed by atoms with E-state index in [1.54, 1.807) is 0 Å². The van der Waals surface area contributed by atoms with Gasteiger partial charge in [-0.1, -0.05) is 30.3 Å².